The van der Waals surface area contributed by atoms with Gasteiger partial charge in [-0.05, 0) is 32.8 Å². The van der Waals surface area contributed by atoms with Crippen molar-refractivity contribution in [1.82, 2.24) is 15.1 Å². The van der Waals surface area contributed by atoms with Gasteiger partial charge in [-0.2, -0.15) is 5.10 Å². The summed E-state index contributed by atoms with van der Waals surface area (Å²) in [4.78, 5) is 0. The molecule has 1 fully saturated rings. The Hall–Kier alpha value is -0.910. The number of hydrogen-bond acceptors (Lipinski definition) is 4. The normalized spacial score (nSPS) is 26.3. The summed E-state index contributed by atoms with van der Waals surface area (Å²) < 4.78 is 12.9. The second-order valence-corrected chi connectivity index (χ2v) is 5.87. The van der Waals surface area contributed by atoms with Gasteiger partial charge >= 0.3 is 0 Å². The van der Waals surface area contributed by atoms with Crippen molar-refractivity contribution in [3.8, 4) is 0 Å². The first-order valence-electron chi connectivity index (χ1n) is 7.38. The highest BCUT2D eigenvalue weighted by Gasteiger charge is 2.41. The Labute approximate surface area is 121 Å². The summed E-state index contributed by atoms with van der Waals surface area (Å²) in [5.74, 6) is 0. The van der Waals surface area contributed by atoms with Crippen LogP contribution in [0.25, 0.3) is 0 Å². The Morgan fingerprint density at radius 2 is 2.40 bits per heavy atom. The third-order valence-corrected chi connectivity index (χ3v) is 4.42. The molecule has 2 unspecified atom stereocenters. The van der Waals surface area contributed by atoms with E-state index in [1.54, 1.807) is 7.11 Å². The molecule has 0 aromatic carbocycles. The van der Waals surface area contributed by atoms with Gasteiger partial charge in [-0.3, -0.25) is 4.68 Å². The maximum atomic E-state index is 5.84. The van der Waals surface area contributed by atoms with Crippen LogP contribution in [0.2, 0.25) is 0 Å². The third-order valence-electron chi connectivity index (χ3n) is 4.42. The van der Waals surface area contributed by atoms with Gasteiger partial charge in [-0.15, -0.1) is 0 Å². The summed E-state index contributed by atoms with van der Waals surface area (Å²) in [5.41, 5.74) is 2.53. The molecule has 0 spiro atoms. The summed E-state index contributed by atoms with van der Waals surface area (Å²) in [5, 5.41) is 7.97. The van der Waals surface area contributed by atoms with Crippen molar-refractivity contribution in [1.29, 1.82) is 0 Å². The van der Waals surface area contributed by atoms with Gasteiger partial charge in [0, 0.05) is 45.0 Å². The molecular weight excluding hydrogens is 254 g/mol. The van der Waals surface area contributed by atoms with Crippen LogP contribution >= 0.6 is 0 Å². The van der Waals surface area contributed by atoms with E-state index in [1.165, 1.54) is 5.69 Å². The molecule has 1 aliphatic heterocycles. The molecule has 1 aromatic rings. The Bertz CT molecular complexity index is 433. The summed E-state index contributed by atoms with van der Waals surface area (Å²) in [7, 11) is 3.76. The summed E-state index contributed by atoms with van der Waals surface area (Å²) >= 11 is 0. The molecule has 1 saturated heterocycles. The summed E-state index contributed by atoms with van der Waals surface area (Å²) in [6, 6.07) is 2.18. The SMILES string of the molecule is COCCNCC1(Cc2cc(C)nn2C)CCOC1C. The van der Waals surface area contributed by atoms with E-state index in [1.807, 2.05) is 18.7 Å². The van der Waals surface area contributed by atoms with Gasteiger partial charge in [-0.1, -0.05) is 0 Å². The lowest BCUT2D eigenvalue weighted by Gasteiger charge is -2.32. The Balaban J connectivity index is 2.05. The zero-order valence-corrected chi connectivity index (χ0v) is 13.1. The zero-order valence-electron chi connectivity index (χ0n) is 13.1. The van der Waals surface area contributed by atoms with Crippen molar-refractivity contribution >= 4 is 0 Å². The van der Waals surface area contributed by atoms with Crippen LogP contribution < -0.4 is 5.32 Å². The number of rotatable bonds is 7. The molecule has 2 atom stereocenters. The Morgan fingerprint density at radius 1 is 1.60 bits per heavy atom. The standard InChI is InChI=1S/C15H27N3O2/c1-12-9-14(18(3)17-12)10-15(5-7-20-13(15)2)11-16-6-8-19-4/h9,13,16H,5-8,10-11H2,1-4H3. The van der Waals surface area contributed by atoms with Crippen LogP contribution in [0.3, 0.4) is 0 Å². The van der Waals surface area contributed by atoms with Crippen LogP contribution in [0.15, 0.2) is 6.07 Å². The first kappa shape index (κ1) is 15.5. The minimum absolute atomic E-state index is 0.161. The lowest BCUT2D eigenvalue weighted by atomic mass is 9.77. The summed E-state index contributed by atoms with van der Waals surface area (Å²) in [6.07, 6.45) is 2.37. The Kier molecular flexibility index (Phi) is 5.18. The molecule has 0 saturated carbocycles. The van der Waals surface area contributed by atoms with E-state index in [2.05, 4.69) is 23.4 Å². The fraction of sp³-hybridized carbons (Fsp3) is 0.800. The van der Waals surface area contributed by atoms with Crippen molar-refractivity contribution < 1.29 is 9.47 Å². The number of hydrogen-bond donors (Lipinski definition) is 1. The van der Waals surface area contributed by atoms with E-state index in [4.69, 9.17) is 9.47 Å². The number of nitrogens with one attached hydrogen (secondary N) is 1. The fourth-order valence-electron chi connectivity index (χ4n) is 3.05. The Morgan fingerprint density at radius 3 is 2.95 bits per heavy atom. The van der Waals surface area contributed by atoms with Crippen molar-refractivity contribution in [2.75, 3.05) is 33.4 Å². The van der Waals surface area contributed by atoms with Crippen LogP contribution in [0, 0.1) is 12.3 Å². The smallest absolute Gasteiger partial charge is 0.0619 e. The number of aromatic nitrogens is 2. The fourth-order valence-corrected chi connectivity index (χ4v) is 3.05. The molecule has 0 radical (unpaired) electrons. The second-order valence-electron chi connectivity index (χ2n) is 5.87. The summed E-state index contributed by atoms with van der Waals surface area (Å²) in [6.45, 7) is 7.67. The van der Waals surface area contributed by atoms with Crippen LogP contribution in [-0.4, -0.2) is 49.3 Å². The van der Waals surface area contributed by atoms with Crippen molar-refractivity contribution in [3.63, 3.8) is 0 Å². The highest BCUT2D eigenvalue weighted by Crippen LogP contribution is 2.37. The van der Waals surface area contributed by atoms with E-state index in [9.17, 15) is 0 Å². The van der Waals surface area contributed by atoms with Crippen LogP contribution in [0.1, 0.15) is 24.7 Å². The molecular formula is C15H27N3O2. The zero-order chi connectivity index (χ0) is 14.6. The van der Waals surface area contributed by atoms with E-state index in [0.717, 1.165) is 44.8 Å². The molecule has 20 heavy (non-hydrogen) atoms. The van der Waals surface area contributed by atoms with E-state index < -0.39 is 0 Å². The van der Waals surface area contributed by atoms with Crippen molar-refractivity contribution in [2.45, 2.75) is 32.8 Å². The van der Waals surface area contributed by atoms with E-state index in [-0.39, 0.29) is 11.5 Å². The maximum Gasteiger partial charge on any atom is 0.0619 e. The van der Waals surface area contributed by atoms with Gasteiger partial charge in [-0.25, -0.2) is 0 Å². The quantitative estimate of drug-likeness (QED) is 0.765. The van der Waals surface area contributed by atoms with Crippen molar-refractivity contribution in [2.24, 2.45) is 12.5 Å². The van der Waals surface area contributed by atoms with E-state index >= 15 is 0 Å². The second kappa shape index (κ2) is 6.70. The highest BCUT2D eigenvalue weighted by molar-refractivity contribution is 5.13. The first-order chi connectivity index (χ1) is 9.57. The average Bonchev–Trinajstić information content (AvgIpc) is 2.90. The molecule has 5 heteroatoms. The molecule has 0 aliphatic carbocycles. The maximum absolute atomic E-state index is 5.84. The predicted octanol–water partition coefficient (Wildman–Crippen LogP) is 1.30. The minimum atomic E-state index is 0.161. The van der Waals surface area contributed by atoms with Gasteiger partial charge in [0.1, 0.15) is 0 Å². The van der Waals surface area contributed by atoms with Gasteiger partial charge in [0.05, 0.1) is 18.4 Å². The molecule has 1 aliphatic rings. The average molecular weight is 281 g/mol. The minimum Gasteiger partial charge on any atom is -0.383 e. The molecule has 0 amide bonds. The molecule has 2 rings (SSSR count). The molecule has 1 aromatic heterocycles. The molecule has 5 nitrogen and oxygen atoms in total. The number of aryl methyl sites for hydroxylation is 2. The monoisotopic (exact) mass is 281 g/mol. The van der Waals surface area contributed by atoms with Crippen LogP contribution in [-0.2, 0) is 22.9 Å². The largest absolute Gasteiger partial charge is 0.383 e. The van der Waals surface area contributed by atoms with E-state index in [0.29, 0.717) is 0 Å². The highest BCUT2D eigenvalue weighted by atomic mass is 16.5. The number of ether oxygens (including phenoxy) is 2. The van der Waals surface area contributed by atoms with Crippen LogP contribution in [0.4, 0.5) is 0 Å². The number of nitrogens with zero attached hydrogens (tertiary/aromatic N) is 2. The molecule has 0 bridgehead atoms. The van der Waals surface area contributed by atoms with Gasteiger partial charge in [0.2, 0.25) is 0 Å². The lowest BCUT2D eigenvalue weighted by Crippen LogP contribution is -2.42. The predicted molar refractivity (Wildman–Crippen MR) is 78.9 cm³/mol. The van der Waals surface area contributed by atoms with Crippen LogP contribution in [0.5, 0.6) is 0 Å². The number of methoxy groups -OCH3 is 1. The molecule has 1 N–H and O–H groups in total. The molecule has 2 heterocycles. The van der Waals surface area contributed by atoms with Crippen molar-refractivity contribution in [3.05, 3.63) is 17.5 Å². The third kappa shape index (κ3) is 3.40. The first-order valence-corrected chi connectivity index (χ1v) is 7.38. The topological polar surface area (TPSA) is 48.3 Å². The molecule has 114 valence electrons. The lowest BCUT2D eigenvalue weighted by molar-refractivity contribution is 0.0610. The van der Waals surface area contributed by atoms with Gasteiger partial charge in [0.25, 0.3) is 0 Å². The van der Waals surface area contributed by atoms with Gasteiger partial charge < -0.3 is 14.8 Å². The van der Waals surface area contributed by atoms with Gasteiger partial charge in [0.15, 0.2) is 0 Å².